The molecule has 3 rings (SSSR count). The minimum absolute atomic E-state index is 0.101. The molecule has 0 unspecified atom stereocenters. The Kier molecular flexibility index (Phi) is 7.10. The molecule has 0 aliphatic heterocycles. The predicted molar refractivity (Wildman–Crippen MR) is 114 cm³/mol. The summed E-state index contributed by atoms with van der Waals surface area (Å²) in [7, 11) is 0. The Bertz CT molecular complexity index is 909. The highest BCUT2D eigenvalue weighted by Gasteiger charge is 2.38. The molecule has 1 saturated carbocycles. The number of hydrogen-bond acceptors (Lipinski definition) is 3. The van der Waals surface area contributed by atoms with Gasteiger partial charge in [0.15, 0.2) is 0 Å². The Morgan fingerprint density at radius 3 is 2.53 bits per heavy atom. The maximum absolute atomic E-state index is 13.4. The van der Waals surface area contributed by atoms with Crippen LogP contribution in [0.3, 0.4) is 0 Å². The van der Waals surface area contributed by atoms with Crippen LogP contribution in [0.2, 0.25) is 5.02 Å². The van der Waals surface area contributed by atoms with Crippen LogP contribution >= 0.6 is 11.6 Å². The van der Waals surface area contributed by atoms with Gasteiger partial charge in [-0.2, -0.15) is 0 Å². The molecule has 7 heteroatoms. The van der Waals surface area contributed by atoms with Gasteiger partial charge in [0.05, 0.1) is 17.2 Å². The molecule has 0 radical (unpaired) electrons. The lowest BCUT2D eigenvalue weighted by Crippen LogP contribution is -2.42. The molecule has 160 valence electrons. The normalized spacial score (nSPS) is 24.0. The summed E-state index contributed by atoms with van der Waals surface area (Å²) >= 11 is 5.81. The van der Waals surface area contributed by atoms with Gasteiger partial charge in [-0.15, -0.1) is 0 Å². The van der Waals surface area contributed by atoms with Gasteiger partial charge in [0.2, 0.25) is 5.91 Å². The zero-order valence-electron chi connectivity index (χ0n) is 16.8. The molecular weight excluding hydrogens is 407 g/mol. The Morgan fingerprint density at radius 1 is 1.17 bits per heavy atom. The summed E-state index contributed by atoms with van der Waals surface area (Å²) in [6, 6.07) is 13.4. The van der Waals surface area contributed by atoms with E-state index < -0.39 is 17.3 Å². The fourth-order valence-electron chi connectivity index (χ4n) is 4.15. The van der Waals surface area contributed by atoms with Gasteiger partial charge in [0.25, 0.3) is 5.91 Å². The van der Waals surface area contributed by atoms with Crippen molar-refractivity contribution in [2.45, 2.75) is 50.2 Å². The van der Waals surface area contributed by atoms with Crippen molar-refractivity contribution in [1.82, 2.24) is 10.6 Å². The Hall–Kier alpha value is -2.44. The lowest BCUT2D eigenvalue weighted by molar-refractivity contribution is -0.120. The largest absolute Gasteiger partial charge is 0.391 e. The molecule has 5 nitrogen and oxygen atoms in total. The van der Waals surface area contributed by atoms with Crippen LogP contribution < -0.4 is 10.6 Å². The monoisotopic (exact) mass is 432 g/mol. The molecule has 2 aromatic rings. The van der Waals surface area contributed by atoms with Gasteiger partial charge in [-0.25, -0.2) is 4.39 Å². The second-order valence-corrected chi connectivity index (χ2v) is 8.32. The maximum atomic E-state index is 13.4. The minimum Gasteiger partial charge on any atom is -0.391 e. The van der Waals surface area contributed by atoms with Crippen molar-refractivity contribution in [3.8, 4) is 0 Å². The molecule has 0 aromatic heterocycles. The number of nitrogens with one attached hydrogen (secondary N) is 2. The molecule has 30 heavy (non-hydrogen) atoms. The number of hydrogen-bond donors (Lipinski definition) is 3. The molecule has 1 aliphatic carbocycles. The topological polar surface area (TPSA) is 78.4 Å². The van der Waals surface area contributed by atoms with E-state index in [1.165, 1.54) is 25.1 Å². The van der Waals surface area contributed by atoms with E-state index in [2.05, 4.69) is 10.6 Å². The third kappa shape index (κ3) is 5.18. The van der Waals surface area contributed by atoms with E-state index in [0.29, 0.717) is 32.2 Å². The first-order valence-electron chi connectivity index (χ1n) is 10.0. The van der Waals surface area contributed by atoms with Gasteiger partial charge < -0.3 is 15.7 Å². The number of halogens is 2. The molecule has 0 saturated heterocycles. The number of carbonyl (C=O) groups excluding carboxylic acids is 2. The van der Waals surface area contributed by atoms with Gasteiger partial charge in [-0.05, 0) is 49.4 Å². The highest BCUT2D eigenvalue weighted by atomic mass is 35.5. The standard InChI is InChI=1S/C23H26ClFN2O3/c1-15(28)27-20-9-11-23(12-10-21(20)29,17-5-3-2-4-6-17)14-26-22(30)16-7-8-19(25)18(24)13-16/h2-8,13,20-21,29H,9-12,14H2,1H3,(H,26,30)(H,27,28)/t20-,21-,23-/m0/s1. The summed E-state index contributed by atoms with van der Waals surface area (Å²) in [4.78, 5) is 24.2. The number of aliphatic hydroxyl groups is 1. The second-order valence-electron chi connectivity index (χ2n) is 7.91. The third-order valence-electron chi connectivity index (χ3n) is 5.86. The van der Waals surface area contributed by atoms with Crippen molar-refractivity contribution < 1.29 is 19.1 Å². The van der Waals surface area contributed by atoms with E-state index in [1.807, 2.05) is 30.3 Å². The Labute approximate surface area is 180 Å². The molecule has 2 amide bonds. The third-order valence-corrected chi connectivity index (χ3v) is 6.15. The van der Waals surface area contributed by atoms with Crippen LogP contribution in [0.1, 0.15) is 48.5 Å². The zero-order chi connectivity index (χ0) is 21.7. The van der Waals surface area contributed by atoms with Crippen molar-refractivity contribution in [2.24, 2.45) is 0 Å². The van der Waals surface area contributed by atoms with Gasteiger partial charge >= 0.3 is 0 Å². The Morgan fingerprint density at radius 2 is 1.87 bits per heavy atom. The van der Waals surface area contributed by atoms with Crippen LogP contribution in [0.15, 0.2) is 48.5 Å². The lowest BCUT2D eigenvalue weighted by atomic mass is 9.74. The predicted octanol–water partition coefficient (Wildman–Crippen LogP) is 3.59. The quantitative estimate of drug-likeness (QED) is 0.632. The molecule has 0 heterocycles. The van der Waals surface area contributed by atoms with Gasteiger partial charge in [-0.3, -0.25) is 9.59 Å². The van der Waals surface area contributed by atoms with Crippen LogP contribution in [0.5, 0.6) is 0 Å². The zero-order valence-corrected chi connectivity index (χ0v) is 17.6. The summed E-state index contributed by atoms with van der Waals surface area (Å²) in [5.74, 6) is -1.08. The van der Waals surface area contributed by atoms with Crippen LogP contribution in [0.25, 0.3) is 0 Å². The van der Waals surface area contributed by atoms with Crippen molar-refractivity contribution >= 4 is 23.4 Å². The van der Waals surface area contributed by atoms with Crippen molar-refractivity contribution in [2.75, 3.05) is 6.54 Å². The van der Waals surface area contributed by atoms with Crippen molar-refractivity contribution in [3.05, 3.63) is 70.5 Å². The van der Waals surface area contributed by atoms with Gasteiger partial charge in [0.1, 0.15) is 5.82 Å². The van der Waals surface area contributed by atoms with E-state index >= 15 is 0 Å². The van der Waals surface area contributed by atoms with E-state index in [0.717, 1.165) is 5.56 Å². The number of benzene rings is 2. The van der Waals surface area contributed by atoms with Crippen molar-refractivity contribution in [1.29, 1.82) is 0 Å². The number of aliphatic hydroxyl groups excluding tert-OH is 1. The SMILES string of the molecule is CC(=O)N[C@H]1CC[C@](CNC(=O)c2ccc(F)c(Cl)c2)(c2ccccc2)CC[C@@H]1O. The first-order valence-corrected chi connectivity index (χ1v) is 10.4. The molecule has 0 bridgehead atoms. The smallest absolute Gasteiger partial charge is 0.251 e. The van der Waals surface area contributed by atoms with Crippen LogP contribution in [0, 0.1) is 5.82 Å². The van der Waals surface area contributed by atoms with E-state index in [-0.39, 0.29) is 28.4 Å². The van der Waals surface area contributed by atoms with Crippen LogP contribution in [0.4, 0.5) is 4.39 Å². The summed E-state index contributed by atoms with van der Waals surface area (Å²) in [5, 5.41) is 16.2. The summed E-state index contributed by atoms with van der Waals surface area (Å²) < 4.78 is 13.4. The molecule has 2 aromatic carbocycles. The summed E-state index contributed by atoms with van der Waals surface area (Å²) in [5.41, 5.74) is 0.960. The summed E-state index contributed by atoms with van der Waals surface area (Å²) in [6.45, 7) is 1.79. The van der Waals surface area contributed by atoms with E-state index in [1.54, 1.807) is 0 Å². The second kappa shape index (κ2) is 9.58. The number of amides is 2. The molecular formula is C23H26ClFN2O3. The molecule has 1 fully saturated rings. The van der Waals surface area contributed by atoms with Crippen LogP contribution in [-0.2, 0) is 10.2 Å². The van der Waals surface area contributed by atoms with E-state index in [9.17, 15) is 19.1 Å². The van der Waals surface area contributed by atoms with E-state index in [4.69, 9.17) is 11.6 Å². The van der Waals surface area contributed by atoms with Gasteiger partial charge in [0, 0.05) is 24.4 Å². The van der Waals surface area contributed by atoms with Crippen molar-refractivity contribution in [3.63, 3.8) is 0 Å². The van der Waals surface area contributed by atoms with Gasteiger partial charge in [-0.1, -0.05) is 41.9 Å². The maximum Gasteiger partial charge on any atom is 0.251 e. The Balaban J connectivity index is 1.82. The molecule has 0 spiro atoms. The first kappa shape index (κ1) is 22.2. The molecule has 1 aliphatic rings. The minimum atomic E-state index is -0.647. The number of rotatable bonds is 5. The number of carbonyl (C=O) groups is 2. The summed E-state index contributed by atoms with van der Waals surface area (Å²) in [6.07, 6.45) is 1.78. The molecule has 3 atom stereocenters. The highest BCUT2D eigenvalue weighted by molar-refractivity contribution is 6.31. The lowest BCUT2D eigenvalue weighted by Gasteiger charge is -2.34. The highest BCUT2D eigenvalue weighted by Crippen LogP contribution is 2.38. The average Bonchev–Trinajstić information content (AvgIpc) is 2.89. The average molecular weight is 433 g/mol. The first-order chi connectivity index (χ1) is 14.3. The fourth-order valence-corrected chi connectivity index (χ4v) is 4.33. The molecule has 3 N–H and O–H groups in total. The fraction of sp³-hybridized carbons (Fsp3) is 0.391. The van der Waals surface area contributed by atoms with Crippen LogP contribution in [-0.4, -0.2) is 35.6 Å².